The average Bonchev–Trinajstić information content (AvgIpc) is 3.38. The summed E-state index contributed by atoms with van der Waals surface area (Å²) in [5, 5.41) is 0. The fourth-order valence-corrected chi connectivity index (χ4v) is 4.74. The first kappa shape index (κ1) is 22.3. The number of carbonyl (C=O) groups excluding carboxylic acids is 2. The predicted octanol–water partition coefficient (Wildman–Crippen LogP) is 5.95. The molecule has 1 aromatic heterocycles. The van der Waals surface area contributed by atoms with E-state index in [0.29, 0.717) is 11.3 Å². The maximum absolute atomic E-state index is 12.5. The van der Waals surface area contributed by atoms with Gasteiger partial charge in [-0.25, -0.2) is 4.79 Å². The van der Waals surface area contributed by atoms with Gasteiger partial charge in [0.25, 0.3) is 0 Å². The Morgan fingerprint density at radius 3 is 2.70 bits per heavy atom. The van der Waals surface area contributed by atoms with Gasteiger partial charge >= 0.3 is 5.97 Å². The lowest BCUT2D eigenvalue weighted by Crippen LogP contribution is -2.31. The number of benzene rings is 1. The molecule has 0 bridgehead atoms. The lowest BCUT2D eigenvalue weighted by molar-refractivity contribution is -0.117. The van der Waals surface area contributed by atoms with Gasteiger partial charge in [-0.05, 0) is 55.5 Å². The van der Waals surface area contributed by atoms with Crippen molar-refractivity contribution in [2.75, 3.05) is 12.0 Å². The van der Waals surface area contributed by atoms with E-state index in [1.165, 1.54) is 49.7 Å². The lowest BCUT2D eigenvalue weighted by atomic mass is 10.1. The zero-order valence-corrected chi connectivity index (χ0v) is 18.7. The van der Waals surface area contributed by atoms with Crippen molar-refractivity contribution < 1.29 is 14.3 Å². The molecular weight excluding hydrogens is 394 g/mol. The maximum atomic E-state index is 12.5. The Morgan fingerprint density at radius 2 is 1.97 bits per heavy atom. The van der Waals surface area contributed by atoms with Gasteiger partial charge in [0.1, 0.15) is 4.88 Å². The number of allylic oxidation sites excluding steroid dienone is 1. The Kier molecular flexibility index (Phi) is 8.26. The molecule has 0 saturated carbocycles. The molecule has 2 aromatic rings. The summed E-state index contributed by atoms with van der Waals surface area (Å²) in [6, 6.07) is 12.3. The van der Waals surface area contributed by atoms with Crippen LogP contribution in [0.5, 0.6) is 0 Å². The molecule has 30 heavy (non-hydrogen) atoms. The molecule has 1 amide bonds. The third-order valence-electron chi connectivity index (χ3n) is 5.51. The number of esters is 1. The molecule has 1 saturated heterocycles. The van der Waals surface area contributed by atoms with E-state index < -0.39 is 0 Å². The van der Waals surface area contributed by atoms with Crippen LogP contribution in [0.15, 0.2) is 48.6 Å². The Hall–Kier alpha value is -2.40. The number of methoxy groups -OCH3 is 1. The zero-order chi connectivity index (χ0) is 21.3. The van der Waals surface area contributed by atoms with Crippen molar-refractivity contribution in [3.8, 4) is 0 Å². The van der Waals surface area contributed by atoms with Crippen LogP contribution in [0.1, 0.15) is 65.6 Å². The first-order valence-electron chi connectivity index (χ1n) is 10.9. The van der Waals surface area contributed by atoms with Crippen LogP contribution in [0, 0.1) is 0 Å². The summed E-state index contributed by atoms with van der Waals surface area (Å²) in [7, 11) is 1.40. The lowest BCUT2D eigenvalue weighted by Gasteiger charge is -2.23. The van der Waals surface area contributed by atoms with E-state index in [1.54, 1.807) is 6.07 Å². The molecule has 0 spiro atoms. The van der Waals surface area contributed by atoms with Crippen molar-refractivity contribution >= 4 is 28.9 Å². The van der Waals surface area contributed by atoms with E-state index in [-0.39, 0.29) is 17.9 Å². The van der Waals surface area contributed by atoms with E-state index in [0.717, 1.165) is 29.8 Å². The van der Waals surface area contributed by atoms with E-state index >= 15 is 0 Å². The van der Waals surface area contributed by atoms with Gasteiger partial charge in [0, 0.05) is 17.0 Å². The molecule has 1 aromatic carbocycles. The summed E-state index contributed by atoms with van der Waals surface area (Å²) in [4.78, 5) is 27.7. The van der Waals surface area contributed by atoms with Crippen molar-refractivity contribution in [3.05, 3.63) is 63.9 Å². The molecule has 2 heterocycles. The minimum Gasteiger partial charge on any atom is -0.465 e. The quantitative estimate of drug-likeness (QED) is 0.268. The third-order valence-corrected chi connectivity index (χ3v) is 6.60. The number of rotatable bonds is 10. The number of carbonyl (C=O) groups is 2. The summed E-state index contributed by atoms with van der Waals surface area (Å²) in [6.07, 6.45) is 12.6. The SMILES string of the molecule is CCCCCCc1ccc(N2C(=O)CC[C@@H]2/C=C/Cc2ccc(C(=O)OC)s2)cc1. The van der Waals surface area contributed by atoms with Gasteiger partial charge in [0.15, 0.2) is 0 Å². The zero-order valence-electron chi connectivity index (χ0n) is 17.9. The Bertz CT molecular complexity index is 869. The van der Waals surface area contributed by atoms with Crippen LogP contribution in [-0.2, 0) is 22.4 Å². The van der Waals surface area contributed by atoms with Crippen LogP contribution >= 0.6 is 11.3 Å². The molecule has 0 radical (unpaired) electrons. The fourth-order valence-electron chi connectivity index (χ4n) is 3.84. The van der Waals surface area contributed by atoms with E-state index in [1.807, 2.05) is 11.0 Å². The predicted molar refractivity (Wildman–Crippen MR) is 123 cm³/mol. The number of aryl methyl sites for hydroxylation is 1. The fraction of sp³-hybridized carbons (Fsp3) is 0.440. The smallest absolute Gasteiger partial charge is 0.348 e. The second-order valence-corrected chi connectivity index (χ2v) is 8.91. The number of amides is 1. The Labute approximate surface area is 183 Å². The van der Waals surface area contributed by atoms with Gasteiger partial charge < -0.3 is 9.64 Å². The molecule has 4 nitrogen and oxygen atoms in total. The Balaban J connectivity index is 1.59. The molecule has 1 aliphatic heterocycles. The van der Waals surface area contributed by atoms with Crippen molar-refractivity contribution in [2.24, 2.45) is 0 Å². The molecule has 0 aliphatic carbocycles. The number of anilines is 1. The van der Waals surface area contributed by atoms with Crippen LogP contribution in [0.4, 0.5) is 5.69 Å². The van der Waals surface area contributed by atoms with Gasteiger partial charge in [-0.1, -0.05) is 50.5 Å². The molecule has 3 rings (SSSR count). The van der Waals surface area contributed by atoms with Crippen molar-refractivity contribution in [1.29, 1.82) is 0 Å². The van der Waals surface area contributed by atoms with Crippen molar-refractivity contribution in [2.45, 2.75) is 64.3 Å². The van der Waals surface area contributed by atoms with Gasteiger partial charge in [-0.3, -0.25) is 4.79 Å². The van der Waals surface area contributed by atoms with Crippen molar-refractivity contribution in [1.82, 2.24) is 0 Å². The second-order valence-electron chi connectivity index (χ2n) is 7.74. The maximum Gasteiger partial charge on any atom is 0.348 e. The van der Waals surface area contributed by atoms with Crippen LogP contribution in [0.25, 0.3) is 0 Å². The monoisotopic (exact) mass is 425 g/mol. The van der Waals surface area contributed by atoms with Gasteiger partial charge in [-0.2, -0.15) is 0 Å². The minimum atomic E-state index is -0.295. The summed E-state index contributed by atoms with van der Waals surface area (Å²) in [5.41, 5.74) is 2.32. The highest BCUT2D eigenvalue weighted by Gasteiger charge is 2.30. The van der Waals surface area contributed by atoms with Gasteiger partial charge in [0.2, 0.25) is 5.91 Å². The van der Waals surface area contributed by atoms with Crippen LogP contribution in [0.2, 0.25) is 0 Å². The van der Waals surface area contributed by atoms with Crippen molar-refractivity contribution in [3.63, 3.8) is 0 Å². The summed E-state index contributed by atoms with van der Waals surface area (Å²) in [5.74, 6) is -0.110. The molecule has 5 heteroatoms. The normalized spacial score (nSPS) is 16.5. The molecule has 0 N–H and O–H groups in total. The number of unbranched alkanes of at least 4 members (excludes halogenated alkanes) is 3. The first-order valence-corrected chi connectivity index (χ1v) is 11.7. The highest BCUT2D eigenvalue weighted by molar-refractivity contribution is 7.13. The third kappa shape index (κ3) is 5.82. The van der Waals surface area contributed by atoms with Gasteiger partial charge in [0.05, 0.1) is 13.2 Å². The number of ether oxygens (including phenoxy) is 1. The topological polar surface area (TPSA) is 46.6 Å². The van der Waals surface area contributed by atoms with Crippen LogP contribution in [0.3, 0.4) is 0 Å². The second kappa shape index (κ2) is 11.1. The van der Waals surface area contributed by atoms with E-state index in [4.69, 9.17) is 4.74 Å². The summed E-state index contributed by atoms with van der Waals surface area (Å²) < 4.78 is 4.76. The minimum absolute atomic E-state index is 0.0907. The molecule has 0 unspecified atom stereocenters. The van der Waals surface area contributed by atoms with E-state index in [2.05, 4.69) is 43.3 Å². The number of hydrogen-bond acceptors (Lipinski definition) is 4. The summed E-state index contributed by atoms with van der Waals surface area (Å²) >= 11 is 1.45. The van der Waals surface area contributed by atoms with Crippen LogP contribution in [-0.4, -0.2) is 25.0 Å². The average molecular weight is 426 g/mol. The highest BCUT2D eigenvalue weighted by atomic mass is 32.1. The molecular formula is C25H31NO3S. The van der Waals surface area contributed by atoms with Gasteiger partial charge in [-0.15, -0.1) is 11.3 Å². The largest absolute Gasteiger partial charge is 0.465 e. The highest BCUT2D eigenvalue weighted by Crippen LogP contribution is 2.28. The number of thiophene rings is 1. The number of hydrogen-bond donors (Lipinski definition) is 0. The van der Waals surface area contributed by atoms with E-state index in [9.17, 15) is 9.59 Å². The number of nitrogens with zero attached hydrogens (tertiary/aromatic N) is 1. The molecule has 1 fully saturated rings. The molecule has 1 atom stereocenters. The summed E-state index contributed by atoms with van der Waals surface area (Å²) in [6.45, 7) is 2.23. The van der Waals surface area contributed by atoms with Crippen LogP contribution < -0.4 is 4.90 Å². The standard InChI is InChI=1S/C25H31NO3S/c1-3-4-5-6-8-19-11-13-21(14-12-19)26-20(15-18-24(26)27)9-7-10-22-16-17-23(30-22)25(28)29-2/h7,9,11-14,16-17,20H,3-6,8,10,15,18H2,1-2H3/b9-7+/t20-/m0/s1. The first-order chi connectivity index (χ1) is 14.6. The molecule has 160 valence electrons. The molecule has 1 aliphatic rings. The Morgan fingerprint density at radius 1 is 1.17 bits per heavy atom.